The van der Waals surface area contributed by atoms with Gasteiger partial charge in [-0.25, -0.2) is 4.79 Å². The van der Waals surface area contributed by atoms with Gasteiger partial charge in [0.1, 0.15) is 5.69 Å². The second-order valence-electron chi connectivity index (χ2n) is 5.71. The van der Waals surface area contributed by atoms with Gasteiger partial charge in [0, 0.05) is 18.5 Å². The van der Waals surface area contributed by atoms with Crippen molar-refractivity contribution in [1.29, 1.82) is 0 Å². The number of aromatic nitrogens is 1. The molecule has 1 rings (SSSR count). The summed E-state index contributed by atoms with van der Waals surface area (Å²) in [7, 11) is 0. The minimum atomic E-state index is -1.27. The van der Waals surface area contributed by atoms with E-state index in [4.69, 9.17) is 17.3 Å². The van der Waals surface area contributed by atoms with Gasteiger partial charge in [0.05, 0.1) is 11.0 Å². The van der Waals surface area contributed by atoms with E-state index in [2.05, 4.69) is 4.98 Å². The molecule has 0 bridgehead atoms. The number of carboxylic acid groups (broad SMARTS) is 1. The molecule has 1 amide bonds. The van der Waals surface area contributed by atoms with Gasteiger partial charge in [0.2, 0.25) is 5.91 Å². The SMILES string of the molecule is CC(C)C(C)(CC(=O)c1ncc(CCl)cc1C(=O)O)C(N)=O. The number of hydrogen-bond acceptors (Lipinski definition) is 4. The third-order valence-electron chi connectivity index (χ3n) is 3.96. The molecule has 120 valence electrons. The molecule has 0 fully saturated rings. The number of aromatic carboxylic acids is 1. The van der Waals surface area contributed by atoms with Gasteiger partial charge >= 0.3 is 5.97 Å². The lowest BCUT2D eigenvalue weighted by Gasteiger charge is -2.29. The highest BCUT2D eigenvalue weighted by molar-refractivity contribution is 6.17. The van der Waals surface area contributed by atoms with E-state index >= 15 is 0 Å². The molecule has 7 heteroatoms. The van der Waals surface area contributed by atoms with Gasteiger partial charge in [-0.05, 0) is 17.5 Å². The maximum absolute atomic E-state index is 12.4. The zero-order chi connectivity index (χ0) is 17.1. The normalized spacial score (nSPS) is 13.7. The fourth-order valence-corrected chi connectivity index (χ4v) is 2.11. The predicted octanol–water partition coefficient (Wildman–Crippen LogP) is 2.24. The van der Waals surface area contributed by atoms with E-state index in [-0.39, 0.29) is 29.5 Å². The van der Waals surface area contributed by atoms with Crippen LogP contribution in [0.5, 0.6) is 0 Å². The summed E-state index contributed by atoms with van der Waals surface area (Å²) in [4.78, 5) is 39.3. The highest BCUT2D eigenvalue weighted by Gasteiger charge is 2.38. The van der Waals surface area contributed by atoms with Crippen LogP contribution < -0.4 is 5.73 Å². The lowest BCUT2D eigenvalue weighted by molar-refractivity contribution is -0.129. The van der Waals surface area contributed by atoms with Crippen molar-refractivity contribution in [2.45, 2.75) is 33.1 Å². The van der Waals surface area contributed by atoms with Gasteiger partial charge in [-0.1, -0.05) is 20.8 Å². The Bertz CT molecular complexity index is 616. The van der Waals surface area contributed by atoms with Gasteiger partial charge in [-0.2, -0.15) is 0 Å². The van der Waals surface area contributed by atoms with Crippen LogP contribution in [0, 0.1) is 11.3 Å². The fraction of sp³-hybridized carbons (Fsp3) is 0.467. The molecule has 0 saturated heterocycles. The van der Waals surface area contributed by atoms with Crippen molar-refractivity contribution in [1.82, 2.24) is 4.98 Å². The predicted molar refractivity (Wildman–Crippen MR) is 81.8 cm³/mol. The molecule has 1 atom stereocenters. The Hall–Kier alpha value is -1.95. The standard InChI is InChI=1S/C15H19ClN2O4/c1-8(2)15(3,14(17)22)5-11(19)12-10(13(20)21)4-9(6-16)7-18-12/h4,7-8H,5-6H2,1-3H3,(H2,17,22)(H,20,21). The summed E-state index contributed by atoms with van der Waals surface area (Å²) in [5.74, 6) is -2.50. The van der Waals surface area contributed by atoms with Crippen molar-refractivity contribution in [3.63, 3.8) is 0 Å². The second kappa shape index (κ2) is 6.87. The molecule has 3 N–H and O–H groups in total. The quantitative estimate of drug-likeness (QED) is 0.589. The summed E-state index contributed by atoms with van der Waals surface area (Å²) < 4.78 is 0. The van der Waals surface area contributed by atoms with Gasteiger partial charge in [-0.3, -0.25) is 14.6 Å². The number of carboxylic acids is 1. The highest BCUT2D eigenvalue weighted by atomic mass is 35.5. The van der Waals surface area contributed by atoms with Crippen molar-refractivity contribution in [2.75, 3.05) is 0 Å². The lowest BCUT2D eigenvalue weighted by Crippen LogP contribution is -2.40. The van der Waals surface area contributed by atoms with Crippen LogP contribution in [0.15, 0.2) is 12.3 Å². The zero-order valence-electron chi connectivity index (χ0n) is 12.7. The summed E-state index contributed by atoms with van der Waals surface area (Å²) in [6, 6.07) is 1.31. The molecule has 22 heavy (non-hydrogen) atoms. The van der Waals surface area contributed by atoms with E-state index in [1.165, 1.54) is 12.3 Å². The van der Waals surface area contributed by atoms with Crippen LogP contribution in [0.4, 0.5) is 0 Å². The van der Waals surface area contributed by atoms with Crippen LogP contribution in [0.3, 0.4) is 0 Å². The number of ketones is 1. The maximum Gasteiger partial charge on any atom is 0.338 e. The van der Waals surface area contributed by atoms with Gasteiger partial charge in [0.25, 0.3) is 0 Å². The van der Waals surface area contributed by atoms with E-state index in [0.29, 0.717) is 5.56 Å². The minimum Gasteiger partial charge on any atom is -0.478 e. The van der Waals surface area contributed by atoms with Crippen molar-refractivity contribution in [3.05, 3.63) is 29.1 Å². The number of amides is 1. The number of alkyl halides is 1. The first kappa shape index (κ1) is 18.1. The minimum absolute atomic E-state index is 0.0900. The van der Waals surface area contributed by atoms with Crippen LogP contribution in [-0.4, -0.2) is 27.8 Å². The largest absolute Gasteiger partial charge is 0.478 e. The molecular formula is C15H19ClN2O4. The molecule has 0 aliphatic heterocycles. The van der Waals surface area contributed by atoms with Crippen LogP contribution in [-0.2, 0) is 10.7 Å². The van der Waals surface area contributed by atoms with E-state index in [1.54, 1.807) is 20.8 Å². The third kappa shape index (κ3) is 3.62. The molecule has 0 radical (unpaired) electrons. The number of nitrogens with zero attached hydrogens (tertiary/aromatic N) is 1. The van der Waals surface area contributed by atoms with Crippen molar-refractivity contribution in [2.24, 2.45) is 17.1 Å². The molecule has 1 aromatic heterocycles. The first-order valence-corrected chi connectivity index (χ1v) is 7.28. The number of Topliss-reactive ketones (excluding diaryl/α,β-unsaturated/α-hetero) is 1. The van der Waals surface area contributed by atoms with Crippen LogP contribution in [0.2, 0.25) is 0 Å². The van der Waals surface area contributed by atoms with Gasteiger partial charge in [0.15, 0.2) is 5.78 Å². The average molecular weight is 327 g/mol. The Morgan fingerprint density at radius 2 is 2.00 bits per heavy atom. The van der Waals surface area contributed by atoms with E-state index in [1.807, 2.05) is 0 Å². The Morgan fingerprint density at radius 3 is 2.41 bits per heavy atom. The monoisotopic (exact) mass is 326 g/mol. The topological polar surface area (TPSA) is 110 Å². The summed E-state index contributed by atoms with van der Waals surface area (Å²) in [5, 5.41) is 9.22. The highest BCUT2D eigenvalue weighted by Crippen LogP contribution is 2.32. The molecule has 1 heterocycles. The molecule has 0 spiro atoms. The Morgan fingerprint density at radius 1 is 1.41 bits per heavy atom. The van der Waals surface area contributed by atoms with E-state index < -0.39 is 23.1 Å². The number of pyridine rings is 1. The number of nitrogens with two attached hydrogens (primary N) is 1. The molecule has 6 nitrogen and oxygen atoms in total. The van der Waals surface area contributed by atoms with Crippen molar-refractivity contribution in [3.8, 4) is 0 Å². The number of carbonyl (C=O) groups is 3. The molecule has 1 unspecified atom stereocenters. The average Bonchev–Trinajstić information content (AvgIpc) is 2.45. The van der Waals surface area contributed by atoms with Gasteiger partial charge in [-0.15, -0.1) is 11.6 Å². The molecule has 0 saturated carbocycles. The maximum atomic E-state index is 12.4. The number of primary amides is 1. The molecule has 0 aliphatic rings. The van der Waals surface area contributed by atoms with E-state index in [9.17, 15) is 19.5 Å². The fourth-order valence-electron chi connectivity index (χ4n) is 1.96. The zero-order valence-corrected chi connectivity index (χ0v) is 13.5. The molecule has 0 aromatic carbocycles. The van der Waals surface area contributed by atoms with E-state index in [0.717, 1.165) is 0 Å². The summed E-state index contributed by atoms with van der Waals surface area (Å²) in [6.07, 6.45) is 1.15. The number of hydrogen-bond donors (Lipinski definition) is 2. The molecular weight excluding hydrogens is 308 g/mol. The van der Waals surface area contributed by atoms with Gasteiger partial charge < -0.3 is 10.8 Å². The smallest absolute Gasteiger partial charge is 0.338 e. The van der Waals surface area contributed by atoms with Crippen molar-refractivity contribution < 1.29 is 19.5 Å². The Kier molecular flexibility index (Phi) is 5.65. The summed E-state index contributed by atoms with van der Waals surface area (Å²) >= 11 is 5.65. The molecule has 0 aliphatic carbocycles. The Balaban J connectivity index is 3.23. The first-order chi connectivity index (χ1) is 10.1. The van der Waals surface area contributed by atoms with Crippen LogP contribution >= 0.6 is 11.6 Å². The third-order valence-corrected chi connectivity index (χ3v) is 4.27. The first-order valence-electron chi connectivity index (χ1n) is 6.74. The molecule has 1 aromatic rings. The summed E-state index contributed by atoms with van der Waals surface area (Å²) in [6.45, 7) is 5.14. The lowest BCUT2D eigenvalue weighted by atomic mass is 9.74. The number of rotatable bonds is 7. The van der Waals surface area contributed by atoms with Crippen molar-refractivity contribution >= 4 is 29.3 Å². The second-order valence-corrected chi connectivity index (χ2v) is 5.98. The number of halogens is 1. The number of carbonyl (C=O) groups excluding carboxylic acids is 2. The Labute approximate surface area is 133 Å². The van der Waals surface area contributed by atoms with Crippen LogP contribution in [0.25, 0.3) is 0 Å². The van der Waals surface area contributed by atoms with Crippen LogP contribution in [0.1, 0.15) is 53.6 Å². The summed E-state index contributed by atoms with van der Waals surface area (Å²) in [5.41, 5.74) is 4.41.